The topological polar surface area (TPSA) is 66.4 Å². The highest BCUT2D eigenvalue weighted by Gasteiger charge is 2.24. The number of ether oxygens (including phenoxy) is 5. The van der Waals surface area contributed by atoms with Crippen molar-refractivity contribution in [2.45, 2.75) is 416 Å². The first kappa shape index (κ1) is 89.1. The lowest BCUT2D eigenvalue weighted by atomic mass is 9.91. The largest absolute Gasteiger partial charge is 0.394 e. The van der Waals surface area contributed by atoms with Crippen molar-refractivity contribution < 1.29 is 28.8 Å². The molecule has 0 spiro atoms. The smallest absolute Gasteiger partial charge is 0.104 e. The highest BCUT2D eigenvalue weighted by Crippen LogP contribution is 2.37. The fourth-order valence-corrected chi connectivity index (χ4v) is 15.2. The average Bonchev–Trinajstić information content (AvgIpc) is 2.51. The van der Waals surface area contributed by atoms with Crippen LogP contribution in [-0.2, 0) is 30.3 Å². The van der Waals surface area contributed by atoms with E-state index in [2.05, 4.69) is 99.6 Å². The Hall–Kier alpha value is -1.02. The Morgan fingerprint density at radius 1 is 0.309 bits per heavy atom. The molecule has 0 amide bonds. The number of aliphatic hydroxyl groups excluding tert-OH is 1. The summed E-state index contributed by atoms with van der Waals surface area (Å²) < 4.78 is 30.8. The molecule has 0 bridgehead atoms. The Bertz CT molecular complexity index is 1650. The molecule has 1 aromatic rings. The van der Waals surface area contributed by atoms with Gasteiger partial charge in [0.05, 0.1) is 33.0 Å². The van der Waals surface area contributed by atoms with Gasteiger partial charge in [0.1, 0.15) is 12.2 Å². The third kappa shape index (κ3) is 58.7. The maximum absolute atomic E-state index is 9.86. The molecule has 0 radical (unpaired) electrons. The highest BCUT2D eigenvalue weighted by atomic mass is 16.6. The van der Waals surface area contributed by atoms with E-state index in [0.29, 0.717) is 38.3 Å². The van der Waals surface area contributed by atoms with Crippen LogP contribution in [0.1, 0.15) is 402 Å². The van der Waals surface area contributed by atoms with Gasteiger partial charge in [0.25, 0.3) is 0 Å². The number of aliphatic hydroxyl groups is 1. The molecule has 94 heavy (non-hydrogen) atoms. The Kier molecular flexibility index (Phi) is 61.9. The number of unbranched alkanes of at least 4 members (excludes halogenated alkanes) is 24. The van der Waals surface area contributed by atoms with E-state index in [0.717, 1.165) is 99.5 Å². The van der Waals surface area contributed by atoms with Crippen LogP contribution in [0.25, 0.3) is 0 Å². The van der Waals surface area contributed by atoms with Crippen LogP contribution in [0.2, 0.25) is 0 Å². The molecule has 556 valence electrons. The molecule has 0 heterocycles. The standard InChI is InChI=1S/C88H168O6/c1-76(2)46-40-48-78(5)50-42-52-80(7)54-44-56-82(9)64-68-93-87(71-89)73-90-66-38-31-27-23-19-15-11-13-17-21-25-29-34-58-84-62-63-85(70-84)59-35-30-26-22-18-14-12-16-20-24-28-32-39-67-91-74-88(75-92-72-86-60-36-33-37-61-86)94-69-65-83(10)57-45-55-81(8)53-43-51-79(6)49-41-47-77(3)4/h33,36-37,60-61,76-85,87-89H,11-32,34-35,38-59,62-75H2,1-10H3/t78-,79-,80-,81-,82?,83?,84-,85+,87-,88+/m1/s1. The summed E-state index contributed by atoms with van der Waals surface area (Å²) in [5, 5.41) is 9.86. The van der Waals surface area contributed by atoms with Crippen LogP contribution in [0.3, 0.4) is 0 Å². The molecule has 1 N–H and O–H groups in total. The molecule has 2 unspecified atom stereocenters. The zero-order valence-corrected chi connectivity index (χ0v) is 65.2. The Balaban J connectivity index is 1.31. The van der Waals surface area contributed by atoms with Crippen LogP contribution in [0.15, 0.2) is 30.3 Å². The van der Waals surface area contributed by atoms with Crippen molar-refractivity contribution in [3.05, 3.63) is 35.9 Å². The van der Waals surface area contributed by atoms with Crippen LogP contribution >= 0.6 is 0 Å². The quantitative estimate of drug-likeness (QED) is 0.0656. The average molecular weight is 1320 g/mol. The van der Waals surface area contributed by atoms with E-state index in [1.165, 1.54) is 301 Å². The van der Waals surface area contributed by atoms with Gasteiger partial charge in [0.15, 0.2) is 0 Å². The third-order valence-corrected chi connectivity index (χ3v) is 22.1. The summed E-state index contributed by atoms with van der Waals surface area (Å²) in [7, 11) is 0. The lowest BCUT2D eigenvalue weighted by molar-refractivity contribution is -0.0662. The van der Waals surface area contributed by atoms with Gasteiger partial charge in [-0.1, -0.05) is 395 Å². The summed E-state index contributed by atoms with van der Waals surface area (Å²) >= 11 is 0. The fourth-order valence-electron chi connectivity index (χ4n) is 15.2. The van der Waals surface area contributed by atoms with Gasteiger partial charge in [0.2, 0.25) is 0 Å². The second-order valence-electron chi connectivity index (χ2n) is 33.2. The number of hydrogen-bond acceptors (Lipinski definition) is 6. The van der Waals surface area contributed by atoms with E-state index >= 15 is 0 Å². The van der Waals surface area contributed by atoms with E-state index in [1.807, 2.05) is 0 Å². The normalized spacial score (nSPS) is 17.1. The fraction of sp³-hybridized carbons (Fsp3) is 0.932. The van der Waals surface area contributed by atoms with E-state index in [4.69, 9.17) is 23.7 Å². The summed E-state index contributed by atoms with van der Waals surface area (Å²) in [6, 6.07) is 10.5. The summed E-state index contributed by atoms with van der Waals surface area (Å²) in [6.07, 6.45) is 70.6. The molecular formula is C88H168O6. The first-order chi connectivity index (χ1) is 45.8. The van der Waals surface area contributed by atoms with Crippen molar-refractivity contribution >= 4 is 0 Å². The van der Waals surface area contributed by atoms with Crippen molar-refractivity contribution in [2.75, 3.05) is 52.9 Å². The Morgan fingerprint density at radius 2 is 0.596 bits per heavy atom. The van der Waals surface area contributed by atoms with E-state index in [9.17, 15) is 5.11 Å². The summed E-state index contributed by atoms with van der Waals surface area (Å²) in [6.45, 7) is 29.6. The highest BCUT2D eigenvalue weighted by molar-refractivity contribution is 5.13. The Labute approximate surface area is 589 Å². The van der Waals surface area contributed by atoms with Gasteiger partial charge in [-0.05, 0) is 96.8 Å². The van der Waals surface area contributed by atoms with Crippen molar-refractivity contribution in [1.82, 2.24) is 0 Å². The molecule has 6 nitrogen and oxygen atoms in total. The summed E-state index contributed by atoms with van der Waals surface area (Å²) in [4.78, 5) is 0. The minimum atomic E-state index is -0.181. The predicted octanol–water partition coefficient (Wildman–Crippen LogP) is 27.3. The molecule has 6 heteroatoms. The van der Waals surface area contributed by atoms with Crippen molar-refractivity contribution in [3.8, 4) is 0 Å². The van der Waals surface area contributed by atoms with Gasteiger partial charge in [-0.3, -0.25) is 0 Å². The zero-order valence-electron chi connectivity index (χ0n) is 65.2. The van der Waals surface area contributed by atoms with Crippen molar-refractivity contribution in [2.24, 2.45) is 59.2 Å². The number of hydrogen-bond donors (Lipinski definition) is 1. The van der Waals surface area contributed by atoms with Crippen molar-refractivity contribution in [3.63, 3.8) is 0 Å². The molecule has 10 atom stereocenters. The van der Waals surface area contributed by atoms with Gasteiger partial charge in [-0.15, -0.1) is 0 Å². The summed E-state index contributed by atoms with van der Waals surface area (Å²) in [5.41, 5.74) is 1.21. The minimum Gasteiger partial charge on any atom is -0.394 e. The molecule has 1 aliphatic carbocycles. The summed E-state index contributed by atoms with van der Waals surface area (Å²) in [5.74, 6) is 8.62. The molecule has 1 aromatic carbocycles. The van der Waals surface area contributed by atoms with Gasteiger partial charge in [0, 0.05) is 26.4 Å². The molecular weight excluding hydrogens is 1150 g/mol. The van der Waals surface area contributed by atoms with Gasteiger partial charge < -0.3 is 28.8 Å². The predicted molar refractivity (Wildman–Crippen MR) is 411 cm³/mol. The molecule has 2 rings (SSSR count). The SMILES string of the molecule is CC(C)CCC[C@@H](C)CCC[C@@H](C)CCCC(C)CCO[C@@H](COCCCCCCCCCCCCCCC[C@H]1CC[C@@H](CCCCCCCCCCCCCCCOC[C@@H](CO)OCCC(C)CCC[C@H](C)CCC[C@H](C)CCCC(C)C)C1)COCc1ccccc1. The van der Waals surface area contributed by atoms with Crippen LogP contribution in [0.4, 0.5) is 0 Å². The van der Waals surface area contributed by atoms with Gasteiger partial charge in [-0.2, -0.15) is 0 Å². The van der Waals surface area contributed by atoms with Gasteiger partial charge in [-0.25, -0.2) is 0 Å². The van der Waals surface area contributed by atoms with Crippen LogP contribution in [-0.4, -0.2) is 70.2 Å². The Morgan fingerprint density at radius 3 is 0.936 bits per heavy atom. The van der Waals surface area contributed by atoms with Gasteiger partial charge >= 0.3 is 0 Å². The molecule has 1 aliphatic rings. The molecule has 0 saturated heterocycles. The maximum atomic E-state index is 9.86. The second kappa shape index (κ2) is 65.3. The molecule has 1 saturated carbocycles. The molecule has 0 aromatic heterocycles. The third-order valence-electron chi connectivity index (χ3n) is 22.1. The number of rotatable bonds is 73. The zero-order chi connectivity index (χ0) is 68.0. The van der Waals surface area contributed by atoms with Crippen LogP contribution in [0, 0.1) is 59.2 Å². The maximum Gasteiger partial charge on any atom is 0.104 e. The lowest BCUT2D eigenvalue weighted by Crippen LogP contribution is -2.27. The lowest BCUT2D eigenvalue weighted by Gasteiger charge is -2.20. The van der Waals surface area contributed by atoms with Crippen LogP contribution < -0.4 is 0 Å². The molecule has 0 aliphatic heterocycles. The first-order valence-corrected chi connectivity index (χ1v) is 42.4. The minimum absolute atomic E-state index is 0.00104. The second-order valence-corrected chi connectivity index (χ2v) is 33.2. The van der Waals surface area contributed by atoms with E-state index in [-0.39, 0.29) is 18.8 Å². The first-order valence-electron chi connectivity index (χ1n) is 42.4. The van der Waals surface area contributed by atoms with Crippen molar-refractivity contribution in [1.29, 1.82) is 0 Å². The number of benzene rings is 1. The van der Waals surface area contributed by atoms with E-state index < -0.39 is 0 Å². The monoisotopic (exact) mass is 1320 g/mol. The van der Waals surface area contributed by atoms with E-state index in [1.54, 1.807) is 6.42 Å². The molecule has 1 fully saturated rings. The van der Waals surface area contributed by atoms with Crippen LogP contribution in [0.5, 0.6) is 0 Å².